The van der Waals surface area contributed by atoms with E-state index in [2.05, 4.69) is 4.72 Å². The van der Waals surface area contributed by atoms with Gasteiger partial charge in [-0.15, -0.1) is 0 Å². The maximum Gasteiger partial charge on any atom is 0.0208 e. The van der Waals surface area contributed by atoms with Crippen LogP contribution in [-0.4, -0.2) is 11.8 Å². The molecule has 0 spiro atoms. The molecule has 46 valence electrons. The van der Waals surface area contributed by atoms with E-state index in [1.165, 1.54) is 25.0 Å². The van der Waals surface area contributed by atoms with E-state index in [4.69, 9.17) is 0 Å². The van der Waals surface area contributed by atoms with Crippen LogP contribution >= 0.6 is 11.9 Å². The summed E-state index contributed by atoms with van der Waals surface area (Å²) in [5, 5.41) is 0. The van der Waals surface area contributed by atoms with E-state index < -0.39 is 0 Å². The summed E-state index contributed by atoms with van der Waals surface area (Å²) in [6.45, 7) is 0. The van der Waals surface area contributed by atoms with Crippen LogP contribution in [0.15, 0.2) is 0 Å². The van der Waals surface area contributed by atoms with Crippen molar-refractivity contribution in [3.8, 4) is 0 Å². The van der Waals surface area contributed by atoms with Crippen LogP contribution in [0.1, 0.15) is 19.3 Å². The Bertz CT molecular complexity index is 74.5. The average Bonchev–Trinajstić information content (AvgIpc) is 2.15. The summed E-state index contributed by atoms with van der Waals surface area (Å²) in [5.41, 5.74) is 0. The number of nitrogens with one attached hydrogen (secondary N) is 1. The first-order chi connectivity index (χ1) is 3.97. The lowest BCUT2D eigenvalue weighted by Gasteiger charge is -2.03. The van der Waals surface area contributed by atoms with Crippen molar-refractivity contribution in [3.63, 3.8) is 0 Å². The van der Waals surface area contributed by atoms with Crippen LogP contribution in [-0.2, 0) is 0 Å². The van der Waals surface area contributed by atoms with Gasteiger partial charge in [0.2, 0.25) is 0 Å². The van der Waals surface area contributed by atoms with Gasteiger partial charge in [-0.05, 0) is 18.8 Å². The molecule has 1 aliphatic carbocycles. The van der Waals surface area contributed by atoms with E-state index in [1.807, 2.05) is 11.9 Å². The summed E-state index contributed by atoms with van der Waals surface area (Å²) >= 11 is 1.92. The summed E-state index contributed by atoms with van der Waals surface area (Å²) in [4.78, 5) is 0. The first-order valence-electron chi connectivity index (χ1n) is 3.34. The normalized spacial score (nSPS) is 45.0. The van der Waals surface area contributed by atoms with Gasteiger partial charge in [0.05, 0.1) is 0 Å². The van der Waals surface area contributed by atoms with Gasteiger partial charge in [0.15, 0.2) is 0 Å². The molecule has 0 radical (unpaired) electrons. The fourth-order valence-electron chi connectivity index (χ4n) is 1.65. The van der Waals surface area contributed by atoms with E-state index in [1.54, 1.807) is 0 Å². The highest BCUT2D eigenvalue weighted by atomic mass is 32.2. The molecule has 2 unspecified atom stereocenters. The lowest BCUT2D eigenvalue weighted by molar-refractivity contribution is 0.538. The smallest absolute Gasteiger partial charge is 0.0208 e. The average molecular weight is 129 g/mol. The minimum atomic E-state index is 0.889. The Morgan fingerprint density at radius 1 is 1.38 bits per heavy atom. The molecule has 2 fully saturated rings. The van der Waals surface area contributed by atoms with Gasteiger partial charge in [-0.2, -0.15) is 0 Å². The Balaban J connectivity index is 2.04. The van der Waals surface area contributed by atoms with Gasteiger partial charge < -0.3 is 0 Å². The lowest BCUT2D eigenvalue weighted by atomic mass is 10.1. The molecule has 0 aromatic carbocycles. The molecule has 0 bridgehead atoms. The van der Waals surface area contributed by atoms with Gasteiger partial charge >= 0.3 is 0 Å². The van der Waals surface area contributed by atoms with Gasteiger partial charge in [-0.1, -0.05) is 18.4 Å². The summed E-state index contributed by atoms with van der Waals surface area (Å²) in [5.74, 6) is 2.39. The van der Waals surface area contributed by atoms with Crippen molar-refractivity contribution in [3.05, 3.63) is 0 Å². The molecule has 0 aromatic rings. The molecule has 1 nitrogen and oxygen atoms in total. The third-order valence-corrected chi connectivity index (χ3v) is 3.26. The third-order valence-electron chi connectivity index (χ3n) is 2.19. The predicted molar refractivity (Wildman–Crippen MR) is 36.7 cm³/mol. The standard InChI is InChI=1S/C6H11NS/c1-2-5-4-8-7-6(5)3-1/h5-7H,1-4H2. The Kier molecular flexibility index (Phi) is 1.23. The monoisotopic (exact) mass is 129 g/mol. The molecule has 1 heterocycles. The minimum absolute atomic E-state index is 0.889. The highest BCUT2D eigenvalue weighted by Crippen LogP contribution is 2.33. The third kappa shape index (κ3) is 0.669. The van der Waals surface area contributed by atoms with Crippen LogP contribution in [0.3, 0.4) is 0 Å². The van der Waals surface area contributed by atoms with Crippen LogP contribution in [0.2, 0.25) is 0 Å². The largest absolute Gasteiger partial charge is 0.261 e. The first kappa shape index (κ1) is 5.12. The molecule has 1 saturated carbocycles. The second-order valence-electron chi connectivity index (χ2n) is 2.73. The molecule has 0 aromatic heterocycles. The molecule has 2 atom stereocenters. The van der Waals surface area contributed by atoms with E-state index >= 15 is 0 Å². The van der Waals surface area contributed by atoms with Crippen molar-refractivity contribution in [1.82, 2.24) is 4.72 Å². The van der Waals surface area contributed by atoms with E-state index in [-0.39, 0.29) is 0 Å². The van der Waals surface area contributed by atoms with Crippen molar-refractivity contribution in [2.45, 2.75) is 25.3 Å². The van der Waals surface area contributed by atoms with E-state index in [0.29, 0.717) is 0 Å². The number of fused-ring (bicyclic) bond motifs is 1. The highest BCUT2D eigenvalue weighted by molar-refractivity contribution is 7.97. The minimum Gasteiger partial charge on any atom is -0.261 e. The number of hydrogen-bond donors (Lipinski definition) is 1. The zero-order valence-electron chi connectivity index (χ0n) is 4.89. The maximum atomic E-state index is 3.44. The van der Waals surface area contributed by atoms with Crippen molar-refractivity contribution in [1.29, 1.82) is 0 Å². The summed E-state index contributed by atoms with van der Waals surface area (Å²) in [6, 6.07) is 0.889. The molecular weight excluding hydrogens is 118 g/mol. The van der Waals surface area contributed by atoms with Gasteiger partial charge in [-0.25, -0.2) is 0 Å². The molecule has 2 aliphatic rings. The van der Waals surface area contributed by atoms with Crippen LogP contribution in [0.4, 0.5) is 0 Å². The number of rotatable bonds is 0. The Morgan fingerprint density at radius 3 is 3.25 bits per heavy atom. The molecular formula is C6H11NS. The fourth-order valence-corrected chi connectivity index (χ4v) is 2.89. The second kappa shape index (κ2) is 1.92. The summed E-state index contributed by atoms with van der Waals surface area (Å²) in [7, 11) is 0. The molecule has 2 heteroatoms. The predicted octanol–water partition coefficient (Wildman–Crippen LogP) is 1.41. The van der Waals surface area contributed by atoms with Gasteiger partial charge in [-0.3, -0.25) is 4.72 Å². The number of hydrogen-bond acceptors (Lipinski definition) is 2. The molecule has 0 amide bonds. The highest BCUT2D eigenvalue weighted by Gasteiger charge is 2.31. The van der Waals surface area contributed by atoms with Crippen LogP contribution in [0, 0.1) is 5.92 Å². The van der Waals surface area contributed by atoms with E-state index in [9.17, 15) is 0 Å². The zero-order valence-corrected chi connectivity index (χ0v) is 5.71. The van der Waals surface area contributed by atoms with Crippen LogP contribution < -0.4 is 4.72 Å². The topological polar surface area (TPSA) is 12.0 Å². The molecule has 2 rings (SSSR count). The quantitative estimate of drug-likeness (QED) is 0.496. The van der Waals surface area contributed by atoms with Crippen molar-refractivity contribution in [2.75, 3.05) is 5.75 Å². The first-order valence-corrected chi connectivity index (χ1v) is 4.33. The van der Waals surface area contributed by atoms with Gasteiger partial charge in [0.25, 0.3) is 0 Å². The molecule has 1 N–H and O–H groups in total. The maximum absolute atomic E-state index is 3.44. The van der Waals surface area contributed by atoms with Crippen LogP contribution in [0.25, 0.3) is 0 Å². The van der Waals surface area contributed by atoms with Crippen LogP contribution in [0.5, 0.6) is 0 Å². The Hall–Kier alpha value is 0.310. The molecule has 8 heavy (non-hydrogen) atoms. The zero-order chi connectivity index (χ0) is 5.40. The van der Waals surface area contributed by atoms with Crippen molar-refractivity contribution in [2.24, 2.45) is 5.92 Å². The second-order valence-corrected chi connectivity index (χ2v) is 3.58. The fraction of sp³-hybridized carbons (Fsp3) is 1.00. The van der Waals surface area contributed by atoms with E-state index in [0.717, 1.165) is 12.0 Å². The Morgan fingerprint density at radius 2 is 2.38 bits per heavy atom. The summed E-state index contributed by atoms with van der Waals surface area (Å²) in [6.07, 6.45) is 4.37. The van der Waals surface area contributed by atoms with Crippen molar-refractivity contribution >= 4 is 11.9 Å². The van der Waals surface area contributed by atoms with Gasteiger partial charge in [0.1, 0.15) is 0 Å². The SMILES string of the molecule is C1CC2CSNC2C1. The lowest BCUT2D eigenvalue weighted by Crippen LogP contribution is -2.18. The summed E-state index contributed by atoms with van der Waals surface area (Å²) < 4.78 is 3.44. The molecule has 1 aliphatic heterocycles. The molecule has 1 saturated heterocycles. The Labute approximate surface area is 54.4 Å². The van der Waals surface area contributed by atoms with Crippen molar-refractivity contribution < 1.29 is 0 Å². The van der Waals surface area contributed by atoms with Gasteiger partial charge in [0, 0.05) is 11.8 Å².